The van der Waals surface area contributed by atoms with Crippen molar-refractivity contribution in [2.24, 2.45) is 0 Å². The Morgan fingerprint density at radius 1 is 0.786 bits per heavy atom. The molecule has 3 aromatic rings. The molecular weight excluding hydrogens is 373 g/mol. The van der Waals surface area contributed by atoms with E-state index >= 15 is 0 Å². The van der Waals surface area contributed by atoms with Gasteiger partial charge in [0.1, 0.15) is 5.82 Å². The Kier molecular flexibility index (Phi) is 5.04. The lowest BCUT2D eigenvalue weighted by atomic mass is 9.84. The Morgan fingerprint density at radius 3 is 1.89 bits per heavy atom. The third-order valence-corrected chi connectivity index (χ3v) is 7.32. The highest BCUT2D eigenvalue weighted by atomic mass is 32.2. The van der Waals surface area contributed by atoms with Gasteiger partial charge in [-0.2, -0.15) is 4.31 Å². The van der Waals surface area contributed by atoms with Gasteiger partial charge in [0.2, 0.25) is 10.0 Å². The molecule has 144 valence electrons. The van der Waals surface area contributed by atoms with Crippen LogP contribution in [0.3, 0.4) is 0 Å². The first-order chi connectivity index (χ1) is 13.4. The van der Waals surface area contributed by atoms with Crippen LogP contribution in [-0.4, -0.2) is 25.8 Å². The second-order valence-electron chi connectivity index (χ2n) is 7.31. The smallest absolute Gasteiger partial charge is 0.207 e. The molecule has 0 spiro atoms. The van der Waals surface area contributed by atoms with Crippen LogP contribution >= 0.6 is 0 Å². The Labute approximate surface area is 165 Å². The molecule has 0 unspecified atom stereocenters. The summed E-state index contributed by atoms with van der Waals surface area (Å²) in [6.07, 6.45) is 0. The second kappa shape index (κ2) is 7.49. The van der Waals surface area contributed by atoms with E-state index in [1.54, 1.807) is 28.6 Å². The van der Waals surface area contributed by atoms with Gasteiger partial charge >= 0.3 is 0 Å². The minimum atomic E-state index is -3.59. The molecule has 1 aliphatic heterocycles. The van der Waals surface area contributed by atoms with Crippen LogP contribution in [0.15, 0.2) is 83.8 Å². The maximum Gasteiger partial charge on any atom is 0.243 e. The van der Waals surface area contributed by atoms with Crippen LogP contribution in [-0.2, 0) is 10.0 Å². The molecule has 0 aromatic heterocycles. The molecule has 1 heterocycles. The molecule has 0 N–H and O–H groups in total. The highest BCUT2D eigenvalue weighted by Gasteiger charge is 2.40. The number of benzene rings is 3. The van der Waals surface area contributed by atoms with Crippen LogP contribution in [0.2, 0.25) is 0 Å². The summed E-state index contributed by atoms with van der Waals surface area (Å²) in [7, 11) is -3.59. The van der Waals surface area contributed by atoms with Crippen molar-refractivity contribution in [3.8, 4) is 0 Å². The number of rotatable bonds is 4. The lowest BCUT2D eigenvalue weighted by Crippen LogP contribution is -2.29. The van der Waals surface area contributed by atoms with Crippen LogP contribution in [0.4, 0.5) is 4.39 Å². The lowest BCUT2D eigenvalue weighted by Gasteiger charge is -2.19. The first-order valence-electron chi connectivity index (χ1n) is 9.32. The normalized spacial score (nSPS) is 20.4. The van der Waals surface area contributed by atoms with Crippen molar-refractivity contribution in [3.05, 3.63) is 101 Å². The molecule has 0 radical (unpaired) electrons. The van der Waals surface area contributed by atoms with Crippen molar-refractivity contribution < 1.29 is 12.8 Å². The second-order valence-corrected chi connectivity index (χ2v) is 9.25. The molecule has 0 amide bonds. The predicted molar refractivity (Wildman–Crippen MR) is 108 cm³/mol. The molecule has 0 aliphatic carbocycles. The number of hydrogen-bond acceptors (Lipinski definition) is 2. The molecular formula is C23H22FNO2S. The summed E-state index contributed by atoms with van der Waals surface area (Å²) >= 11 is 0. The summed E-state index contributed by atoms with van der Waals surface area (Å²) < 4.78 is 41.4. The van der Waals surface area contributed by atoms with E-state index in [9.17, 15) is 12.8 Å². The Balaban J connectivity index is 1.71. The third kappa shape index (κ3) is 3.60. The monoisotopic (exact) mass is 395 g/mol. The Bertz CT molecular complexity index is 1050. The van der Waals surface area contributed by atoms with Gasteiger partial charge in [-0.05, 0) is 42.3 Å². The number of sulfonamides is 1. The van der Waals surface area contributed by atoms with Crippen molar-refractivity contribution in [2.45, 2.75) is 23.7 Å². The molecule has 3 nitrogen and oxygen atoms in total. The lowest BCUT2D eigenvalue weighted by molar-refractivity contribution is 0.470. The van der Waals surface area contributed by atoms with Gasteiger partial charge in [0.15, 0.2) is 0 Å². The van der Waals surface area contributed by atoms with Gasteiger partial charge in [0, 0.05) is 24.9 Å². The fraction of sp³-hybridized carbons (Fsp3) is 0.217. The molecule has 5 heteroatoms. The maximum absolute atomic E-state index is 13.4. The van der Waals surface area contributed by atoms with Crippen LogP contribution in [0.25, 0.3) is 0 Å². The van der Waals surface area contributed by atoms with Crippen molar-refractivity contribution in [1.29, 1.82) is 0 Å². The molecule has 0 saturated carbocycles. The number of aryl methyl sites for hydroxylation is 1. The van der Waals surface area contributed by atoms with Gasteiger partial charge in [0.05, 0.1) is 4.90 Å². The van der Waals surface area contributed by atoms with E-state index in [2.05, 4.69) is 0 Å². The van der Waals surface area contributed by atoms with Crippen molar-refractivity contribution >= 4 is 10.0 Å². The molecule has 1 fully saturated rings. The van der Waals surface area contributed by atoms with Crippen molar-refractivity contribution in [1.82, 2.24) is 4.31 Å². The molecule has 2 atom stereocenters. The zero-order valence-electron chi connectivity index (χ0n) is 15.6. The van der Waals surface area contributed by atoms with Gasteiger partial charge in [-0.1, -0.05) is 60.2 Å². The predicted octanol–water partition coefficient (Wildman–Crippen LogP) is 4.71. The fourth-order valence-corrected chi connectivity index (χ4v) is 5.40. The van der Waals surface area contributed by atoms with Gasteiger partial charge in [-0.15, -0.1) is 0 Å². The average molecular weight is 395 g/mol. The summed E-state index contributed by atoms with van der Waals surface area (Å²) in [4.78, 5) is 0.310. The van der Waals surface area contributed by atoms with Crippen molar-refractivity contribution in [3.63, 3.8) is 0 Å². The van der Waals surface area contributed by atoms with Crippen LogP contribution in [0, 0.1) is 12.7 Å². The minimum Gasteiger partial charge on any atom is -0.207 e. The van der Waals surface area contributed by atoms with E-state index < -0.39 is 10.0 Å². The summed E-state index contributed by atoms with van der Waals surface area (Å²) in [6, 6.07) is 23.3. The topological polar surface area (TPSA) is 37.4 Å². The first kappa shape index (κ1) is 18.8. The highest BCUT2D eigenvalue weighted by molar-refractivity contribution is 7.89. The van der Waals surface area contributed by atoms with Crippen LogP contribution in [0.5, 0.6) is 0 Å². The summed E-state index contributed by atoms with van der Waals surface area (Å²) in [5.74, 6) is -0.294. The molecule has 1 saturated heterocycles. The molecule has 3 aromatic carbocycles. The van der Waals surface area contributed by atoms with E-state index in [-0.39, 0.29) is 17.7 Å². The Hall–Kier alpha value is -2.50. The molecule has 1 aliphatic rings. The van der Waals surface area contributed by atoms with E-state index in [0.717, 1.165) is 16.7 Å². The van der Waals surface area contributed by atoms with Gasteiger partial charge in [-0.25, -0.2) is 12.8 Å². The zero-order valence-corrected chi connectivity index (χ0v) is 16.4. The van der Waals surface area contributed by atoms with Crippen molar-refractivity contribution in [2.75, 3.05) is 13.1 Å². The summed E-state index contributed by atoms with van der Waals surface area (Å²) in [5.41, 5.74) is 3.07. The highest BCUT2D eigenvalue weighted by Crippen LogP contribution is 2.41. The van der Waals surface area contributed by atoms with E-state index in [0.29, 0.717) is 18.0 Å². The maximum atomic E-state index is 13.4. The van der Waals surface area contributed by atoms with E-state index in [4.69, 9.17) is 0 Å². The summed E-state index contributed by atoms with van der Waals surface area (Å²) in [6.45, 7) is 2.71. The van der Waals surface area contributed by atoms with Crippen LogP contribution in [0.1, 0.15) is 28.5 Å². The molecule has 4 rings (SSSR count). The van der Waals surface area contributed by atoms with E-state index in [1.807, 2.05) is 49.4 Å². The zero-order chi connectivity index (χ0) is 19.7. The SMILES string of the molecule is Cc1ccc(S(=O)(=O)N2C[C@H](c3ccc(F)cc3)[C@H](c3ccccc3)C2)cc1. The minimum absolute atomic E-state index is 0.0203. The van der Waals surface area contributed by atoms with Crippen LogP contribution < -0.4 is 0 Å². The first-order valence-corrected chi connectivity index (χ1v) is 10.8. The number of halogens is 1. The average Bonchev–Trinajstić information content (AvgIpc) is 3.16. The number of hydrogen-bond donors (Lipinski definition) is 0. The van der Waals surface area contributed by atoms with Gasteiger partial charge in [-0.3, -0.25) is 0 Å². The molecule has 0 bridgehead atoms. The third-order valence-electron chi connectivity index (χ3n) is 5.47. The number of nitrogens with zero attached hydrogens (tertiary/aromatic N) is 1. The largest absolute Gasteiger partial charge is 0.243 e. The van der Waals surface area contributed by atoms with Gasteiger partial charge in [0.25, 0.3) is 0 Å². The standard InChI is InChI=1S/C23H22FNO2S/c1-17-7-13-21(14-8-17)28(26,27)25-15-22(18-5-3-2-4-6-18)23(16-25)19-9-11-20(24)12-10-19/h2-14,22-23H,15-16H2,1H3/t22-,23+/m0/s1. The fourth-order valence-electron chi connectivity index (χ4n) is 3.91. The quantitative estimate of drug-likeness (QED) is 0.642. The van der Waals surface area contributed by atoms with E-state index in [1.165, 1.54) is 12.1 Å². The molecule has 28 heavy (non-hydrogen) atoms. The summed E-state index contributed by atoms with van der Waals surface area (Å²) in [5, 5.41) is 0. The Morgan fingerprint density at radius 2 is 1.32 bits per heavy atom. The van der Waals surface area contributed by atoms with Gasteiger partial charge < -0.3 is 0 Å².